The first kappa shape index (κ1) is 22.6. The minimum Gasteiger partial charge on any atom is -0.344 e. The van der Waals surface area contributed by atoms with E-state index >= 15 is 0 Å². The smallest absolute Gasteiger partial charge is 0.344 e. The number of nitrogens with one attached hydrogen (secondary N) is 1. The second kappa shape index (κ2) is 7.99. The van der Waals surface area contributed by atoms with Gasteiger partial charge in [0.05, 0.1) is 0 Å². The van der Waals surface area contributed by atoms with E-state index < -0.39 is 47.9 Å². The van der Waals surface area contributed by atoms with Crippen LogP contribution in [0.15, 0.2) is 22.9 Å². The summed E-state index contributed by atoms with van der Waals surface area (Å²) in [6, 6.07) is 0.253. The van der Waals surface area contributed by atoms with Gasteiger partial charge in [-0.3, -0.25) is 9.78 Å². The van der Waals surface area contributed by atoms with Crippen LogP contribution in [0, 0.1) is 5.41 Å². The molecule has 160 valence electrons. The second-order valence-electron chi connectivity index (χ2n) is 7.56. The van der Waals surface area contributed by atoms with Crippen LogP contribution < -0.4 is 5.32 Å². The number of alkyl halides is 6. The van der Waals surface area contributed by atoms with Gasteiger partial charge in [-0.25, -0.2) is 0 Å². The Hall–Kier alpha value is -2.66. The maximum absolute atomic E-state index is 13.3. The lowest BCUT2D eigenvalue weighted by Gasteiger charge is -2.24. The number of carbonyl (C=O) groups excluding carboxylic acids is 1. The van der Waals surface area contributed by atoms with E-state index in [0.29, 0.717) is 0 Å². The topological polar surface area (TPSA) is 80.9 Å². The van der Waals surface area contributed by atoms with Gasteiger partial charge in [0.15, 0.2) is 0 Å². The van der Waals surface area contributed by atoms with E-state index in [0.717, 1.165) is 6.20 Å². The van der Waals surface area contributed by atoms with E-state index in [1.54, 1.807) is 20.8 Å². The molecule has 0 fully saturated rings. The number of nitrogens with zero attached hydrogens (tertiary/aromatic N) is 3. The molecule has 1 atom stereocenters. The minimum absolute atomic E-state index is 0.0216. The molecule has 29 heavy (non-hydrogen) atoms. The number of aromatic nitrogens is 3. The molecule has 12 heteroatoms. The van der Waals surface area contributed by atoms with Crippen LogP contribution in [-0.4, -0.2) is 33.2 Å². The number of halogens is 6. The van der Waals surface area contributed by atoms with Crippen LogP contribution in [0.25, 0.3) is 11.4 Å². The van der Waals surface area contributed by atoms with Gasteiger partial charge in [0.1, 0.15) is 6.04 Å². The fourth-order valence-electron chi connectivity index (χ4n) is 2.32. The zero-order valence-corrected chi connectivity index (χ0v) is 15.6. The van der Waals surface area contributed by atoms with Crippen molar-refractivity contribution in [3.8, 4) is 11.4 Å². The van der Waals surface area contributed by atoms with E-state index in [4.69, 9.17) is 0 Å². The molecule has 0 spiro atoms. The van der Waals surface area contributed by atoms with Crippen molar-refractivity contribution in [3.63, 3.8) is 0 Å². The Morgan fingerprint density at radius 3 is 2.24 bits per heavy atom. The highest BCUT2D eigenvalue weighted by molar-refractivity contribution is 5.77. The van der Waals surface area contributed by atoms with Gasteiger partial charge >= 0.3 is 18.2 Å². The summed E-state index contributed by atoms with van der Waals surface area (Å²) in [6.45, 7) is 5.16. The van der Waals surface area contributed by atoms with E-state index in [-0.39, 0.29) is 17.7 Å². The first-order valence-electron chi connectivity index (χ1n) is 8.37. The van der Waals surface area contributed by atoms with Gasteiger partial charge in [0.2, 0.25) is 11.7 Å². The summed E-state index contributed by atoms with van der Waals surface area (Å²) in [6.07, 6.45) is -9.22. The molecule has 1 unspecified atom stereocenters. The molecule has 0 radical (unpaired) electrons. The van der Waals surface area contributed by atoms with E-state index in [1.165, 1.54) is 12.1 Å². The molecule has 2 aromatic heterocycles. The normalized spacial score (nSPS) is 14.0. The highest BCUT2D eigenvalue weighted by atomic mass is 19.4. The molecule has 1 N–H and O–H groups in total. The fraction of sp³-hybridized carbons (Fsp3) is 0.529. The number of amides is 1. The summed E-state index contributed by atoms with van der Waals surface area (Å²) in [4.78, 5) is 18.9. The van der Waals surface area contributed by atoms with E-state index in [1.807, 2.05) is 5.32 Å². The van der Waals surface area contributed by atoms with Crippen LogP contribution in [0.3, 0.4) is 0 Å². The third-order valence-corrected chi connectivity index (χ3v) is 3.59. The van der Waals surface area contributed by atoms with Gasteiger partial charge in [-0.15, -0.1) is 0 Å². The molecular weight excluding hydrogens is 406 g/mol. The highest BCUT2D eigenvalue weighted by Crippen LogP contribution is 2.29. The van der Waals surface area contributed by atoms with Gasteiger partial charge in [0.25, 0.3) is 0 Å². The van der Waals surface area contributed by atoms with Crippen molar-refractivity contribution in [2.45, 2.75) is 52.0 Å². The van der Waals surface area contributed by atoms with Gasteiger partial charge in [-0.1, -0.05) is 25.9 Å². The number of hydrogen-bond donors (Lipinski definition) is 1. The number of rotatable bonds is 5. The molecule has 1 amide bonds. The zero-order chi connectivity index (χ0) is 22.0. The third-order valence-electron chi connectivity index (χ3n) is 3.59. The Kier molecular flexibility index (Phi) is 6.24. The largest absolute Gasteiger partial charge is 0.471 e. The lowest BCUT2D eigenvalue weighted by molar-refractivity contribution is -0.162. The molecule has 0 saturated carbocycles. The van der Waals surface area contributed by atoms with Crippen molar-refractivity contribution in [3.05, 3.63) is 29.9 Å². The SMILES string of the molecule is CC(C)(C)CC(=O)NC(Cc1ccc(-c2noc(C(F)(F)F)n2)cn1)C(F)(F)F. The summed E-state index contributed by atoms with van der Waals surface area (Å²) in [5, 5.41) is 5.13. The Bertz CT molecular complexity index is 837. The predicted octanol–water partition coefficient (Wildman–Crippen LogP) is 4.18. The maximum Gasteiger partial charge on any atom is 0.471 e. The molecule has 0 bridgehead atoms. The molecule has 2 rings (SSSR count). The Morgan fingerprint density at radius 1 is 1.14 bits per heavy atom. The van der Waals surface area contributed by atoms with E-state index in [2.05, 4.69) is 19.6 Å². The third kappa shape index (κ3) is 6.71. The molecule has 2 aromatic rings. The number of carbonyl (C=O) groups is 1. The maximum atomic E-state index is 13.3. The fourth-order valence-corrected chi connectivity index (χ4v) is 2.32. The van der Waals surface area contributed by atoms with Crippen LogP contribution in [0.4, 0.5) is 26.3 Å². The minimum atomic E-state index is -4.82. The van der Waals surface area contributed by atoms with Crippen LogP contribution >= 0.6 is 0 Å². The average molecular weight is 424 g/mol. The summed E-state index contributed by atoms with van der Waals surface area (Å²) in [5.74, 6) is -2.69. The Morgan fingerprint density at radius 2 is 1.79 bits per heavy atom. The standard InChI is InChI=1S/C17H18F6N4O2/c1-15(2,3)7-12(28)25-11(16(18,19)20)6-10-5-4-9(8-24-10)13-26-14(29-27-13)17(21,22)23/h4-5,8,11H,6-7H2,1-3H3,(H,25,28). The first-order valence-corrected chi connectivity index (χ1v) is 8.37. The molecule has 0 aliphatic carbocycles. The van der Waals surface area contributed by atoms with Crippen LogP contribution in [0.5, 0.6) is 0 Å². The zero-order valence-electron chi connectivity index (χ0n) is 15.6. The lowest BCUT2D eigenvalue weighted by Crippen LogP contribution is -2.47. The summed E-state index contributed by atoms with van der Waals surface area (Å²) in [5.41, 5.74) is -0.472. The molecule has 6 nitrogen and oxygen atoms in total. The molecule has 0 aliphatic rings. The molecule has 0 saturated heterocycles. The van der Waals surface area contributed by atoms with Gasteiger partial charge in [-0.2, -0.15) is 31.3 Å². The summed E-state index contributed by atoms with van der Waals surface area (Å²) >= 11 is 0. The van der Waals surface area contributed by atoms with Crippen molar-refractivity contribution < 1.29 is 35.7 Å². The van der Waals surface area contributed by atoms with Crippen molar-refractivity contribution in [1.29, 1.82) is 0 Å². The Labute approximate surface area is 161 Å². The molecule has 2 heterocycles. The van der Waals surface area contributed by atoms with Gasteiger partial charge in [0, 0.05) is 30.3 Å². The van der Waals surface area contributed by atoms with Crippen LogP contribution in [0.1, 0.15) is 38.8 Å². The number of hydrogen-bond acceptors (Lipinski definition) is 5. The van der Waals surface area contributed by atoms with Gasteiger partial charge in [-0.05, 0) is 17.5 Å². The predicted molar refractivity (Wildman–Crippen MR) is 88.3 cm³/mol. The van der Waals surface area contributed by atoms with Crippen molar-refractivity contribution in [1.82, 2.24) is 20.4 Å². The quantitative estimate of drug-likeness (QED) is 0.729. The monoisotopic (exact) mass is 424 g/mol. The first-order chi connectivity index (χ1) is 13.1. The Balaban J connectivity index is 2.12. The van der Waals surface area contributed by atoms with Crippen molar-refractivity contribution >= 4 is 5.91 Å². The van der Waals surface area contributed by atoms with Crippen LogP contribution in [-0.2, 0) is 17.4 Å². The lowest BCUT2D eigenvalue weighted by atomic mass is 9.91. The second-order valence-corrected chi connectivity index (χ2v) is 7.56. The summed E-state index contributed by atoms with van der Waals surface area (Å²) in [7, 11) is 0. The molecule has 0 aliphatic heterocycles. The van der Waals surface area contributed by atoms with E-state index in [9.17, 15) is 31.1 Å². The summed E-state index contributed by atoms with van der Waals surface area (Å²) < 4.78 is 81.4. The van der Waals surface area contributed by atoms with Crippen molar-refractivity contribution in [2.75, 3.05) is 0 Å². The van der Waals surface area contributed by atoms with Crippen LogP contribution in [0.2, 0.25) is 0 Å². The number of pyridine rings is 1. The molecular formula is C17H18F6N4O2. The highest BCUT2D eigenvalue weighted by Gasteiger charge is 2.41. The van der Waals surface area contributed by atoms with Gasteiger partial charge < -0.3 is 9.84 Å². The average Bonchev–Trinajstić information content (AvgIpc) is 3.02. The van der Waals surface area contributed by atoms with Crippen molar-refractivity contribution in [2.24, 2.45) is 5.41 Å². The molecule has 0 aromatic carbocycles.